The van der Waals surface area contributed by atoms with E-state index in [2.05, 4.69) is 71.9 Å². The van der Waals surface area contributed by atoms with Crippen LogP contribution >= 0.6 is 0 Å². The maximum absolute atomic E-state index is 12.5. The van der Waals surface area contributed by atoms with Crippen molar-refractivity contribution in [1.82, 2.24) is 19.9 Å². The Morgan fingerprint density at radius 2 is 1.19 bits per heavy atom. The first-order chi connectivity index (χ1) is 28.1. The van der Waals surface area contributed by atoms with Gasteiger partial charge in [-0.15, -0.1) is 0 Å². The minimum atomic E-state index is -0.0388. The van der Waals surface area contributed by atoms with Crippen LogP contribution in [0.4, 0.5) is 0 Å². The van der Waals surface area contributed by atoms with Crippen molar-refractivity contribution in [2.45, 2.75) is 59.8 Å². The Labute approximate surface area is 346 Å². The molecule has 2 N–H and O–H groups in total. The van der Waals surface area contributed by atoms with Gasteiger partial charge in [-0.25, -0.2) is 0 Å². The van der Waals surface area contributed by atoms with E-state index in [1.165, 1.54) is 5.56 Å². The highest BCUT2D eigenvalue weighted by Gasteiger charge is 2.32. The Bertz CT molecular complexity index is 2670. The normalized spacial score (nSPS) is 20.6. The van der Waals surface area contributed by atoms with E-state index in [-0.39, 0.29) is 30.4 Å². The minimum Gasteiger partial charge on any atom is -0.329 e. The first kappa shape index (κ1) is 41.7. The lowest BCUT2D eigenvalue weighted by atomic mass is 9.71. The van der Waals surface area contributed by atoms with Gasteiger partial charge < -0.3 is 9.97 Å². The van der Waals surface area contributed by atoms with E-state index in [1.807, 2.05) is 103 Å². The van der Waals surface area contributed by atoms with Crippen LogP contribution in [0.25, 0.3) is 34.4 Å². The smallest absolute Gasteiger partial charge is 0.252 e. The van der Waals surface area contributed by atoms with Crippen molar-refractivity contribution in [2.24, 2.45) is 23.7 Å². The lowest BCUT2D eigenvalue weighted by Gasteiger charge is -2.34. The number of hydrogen-bond donors (Lipinski definition) is 2. The monoisotopic (exact) mass is 778 g/mol. The van der Waals surface area contributed by atoms with Crippen molar-refractivity contribution < 1.29 is 0 Å². The molecule has 296 valence electrons. The number of nitrogens with one attached hydrogen (secondary N) is 2. The average molecular weight is 779 g/mol. The maximum Gasteiger partial charge on any atom is 0.252 e. The summed E-state index contributed by atoms with van der Waals surface area (Å²) in [5.74, 6) is 2.19. The summed E-state index contributed by atoms with van der Waals surface area (Å²) in [6.07, 6.45) is 17.4. The Morgan fingerprint density at radius 3 is 1.73 bits per heavy atom. The molecule has 59 heavy (non-hydrogen) atoms. The van der Waals surface area contributed by atoms with E-state index in [1.54, 1.807) is 18.5 Å². The van der Waals surface area contributed by atoms with Crippen molar-refractivity contribution in [3.63, 3.8) is 0 Å². The second-order valence-electron chi connectivity index (χ2n) is 15.6. The summed E-state index contributed by atoms with van der Waals surface area (Å²) in [6.45, 7) is 8.97. The third-order valence-electron chi connectivity index (χ3n) is 12.1. The van der Waals surface area contributed by atoms with Crippen LogP contribution in [0.3, 0.4) is 0 Å². The predicted octanol–water partition coefficient (Wildman–Crippen LogP) is 10.5. The molecule has 6 aromatic rings. The Morgan fingerprint density at radius 1 is 0.661 bits per heavy atom. The topological polar surface area (TPSA) is 139 Å². The predicted molar refractivity (Wildman–Crippen MR) is 237 cm³/mol. The number of nitriles is 2. The first-order valence-corrected chi connectivity index (χ1v) is 19.8. The lowest BCUT2D eigenvalue weighted by molar-refractivity contribution is 0.330. The number of pyridine rings is 4. The van der Waals surface area contributed by atoms with Crippen LogP contribution < -0.4 is 11.1 Å². The number of H-pyrrole nitrogens is 2. The number of benzene rings is 2. The van der Waals surface area contributed by atoms with Crippen LogP contribution in [0, 0.1) is 46.3 Å². The van der Waals surface area contributed by atoms with Crippen LogP contribution in [0.5, 0.6) is 0 Å². The van der Waals surface area contributed by atoms with Crippen LogP contribution in [0.1, 0.15) is 91.7 Å². The molecule has 2 aliphatic rings. The van der Waals surface area contributed by atoms with E-state index in [0.717, 1.165) is 63.2 Å². The quantitative estimate of drug-likeness (QED) is 0.173. The van der Waals surface area contributed by atoms with Gasteiger partial charge in [-0.2, -0.15) is 10.5 Å². The Kier molecular flexibility index (Phi) is 13.1. The van der Waals surface area contributed by atoms with Crippen LogP contribution in [-0.4, -0.2) is 19.9 Å². The van der Waals surface area contributed by atoms with E-state index in [4.69, 9.17) is 0 Å². The lowest BCUT2D eigenvalue weighted by Crippen LogP contribution is -2.31. The zero-order chi connectivity index (χ0) is 40.8. The fourth-order valence-corrected chi connectivity index (χ4v) is 8.35. The molecule has 2 aromatic carbocycles. The van der Waals surface area contributed by atoms with Crippen LogP contribution in [-0.2, 0) is 12.8 Å². The van der Waals surface area contributed by atoms with Gasteiger partial charge in [0.05, 0.1) is 34.7 Å². The molecule has 2 aliphatic carbocycles. The van der Waals surface area contributed by atoms with Crippen molar-refractivity contribution in [3.05, 3.63) is 187 Å². The third kappa shape index (κ3) is 9.14. The van der Waals surface area contributed by atoms with Gasteiger partial charge in [0.15, 0.2) is 0 Å². The first-order valence-electron chi connectivity index (χ1n) is 19.8. The Balaban J connectivity index is 0.000000195. The molecule has 0 fully saturated rings. The van der Waals surface area contributed by atoms with Crippen molar-refractivity contribution >= 4 is 12.2 Å². The molecule has 0 saturated carbocycles. The summed E-state index contributed by atoms with van der Waals surface area (Å²) in [5, 5.41) is 18.6. The summed E-state index contributed by atoms with van der Waals surface area (Å²) in [6, 6.07) is 31.2. The molecule has 4 aromatic heterocycles. The highest BCUT2D eigenvalue weighted by atomic mass is 16.1. The molecule has 8 rings (SSSR count). The summed E-state index contributed by atoms with van der Waals surface area (Å²) >= 11 is 0. The average Bonchev–Trinajstić information content (AvgIpc) is 3.25. The highest BCUT2D eigenvalue weighted by Crippen LogP contribution is 2.40. The molecule has 6 atom stereocenters. The zero-order valence-corrected chi connectivity index (χ0v) is 33.2. The molecule has 0 unspecified atom stereocenters. The summed E-state index contributed by atoms with van der Waals surface area (Å²) in [4.78, 5) is 39.0. The van der Waals surface area contributed by atoms with Crippen molar-refractivity contribution in [1.29, 1.82) is 10.5 Å². The van der Waals surface area contributed by atoms with Crippen molar-refractivity contribution in [2.75, 3.05) is 0 Å². The van der Waals surface area contributed by atoms with Gasteiger partial charge in [0.25, 0.3) is 5.56 Å². The second kappa shape index (κ2) is 18.6. The van der Waals surface area contributed by atoms with Gasteiger partial charge in [-0.05, 0) is 95.7 Å². The number of allylic oxidation sites excluding steroid dienone is 2. The molecule has 0 bridgehead atoms. The summed E-state index contributed by atoms with van der Waals surface area (Å²) < 4.78 is 0. The molecule has 0 amide bonds. The highest BCUT2D eigenvalue weighted by molar-refractivity contribution is 5.71. The number of rotatable bonds is 6. The maximum atomic E-state index is 12.5. The summed E-state index contributed by atoms with van der Waals surface area (Å²) in [5.41, 5.74) is 11.0. The van der Waals surface area contributed by atoms with E-state index >= 15 is 0 Å². The fraction of sp³-hybridized carbons (Fsp3) is 0.255. The molecular formula is C51H50N6O2. The van der Waals surface area contributed by atoms with Gasteiger partial charge in [0.1, 0.15) is 0 Å². The van der Waals surface area contributed by atoms with Crippen LogP contribution in [0.2, 0.25) is 0 Å². The van der Waals surface area contributed by atoms with Gasteiger partial charge in [-0.1, -0.05) is 95.8 Å². The minimum absolute atomic E-state index is 0. The van der Waals surface area contributed by atoms with Crippen molar-refractivity contribution in [3.8, 4) is 34.4 Å². The molecule has 0 aliphatic heterocycles. The van der Waals surface area contributed by atoms with Gasteiger partial charge in [0, 0.05) is 70.5 Å². The Hall–Kier alpha value is -6.90. The largest absolute Gasteiger partial charge is 0.329 e. The summed E-state index contributed by atoms with van der Waals surface area (Å²) in [7, 11) is 0. The van der Waals surface area contributed by atoms with Gasteiger partial charge in [0.2, 0.25) is 5.56 Å². The third-order valence-corrected chi connectivity index (χ3v) is 12.1. The molecule has 0 spiro atoms. The standard InChI is InChI=1S/2C25H23N3O.CH4/c1-16-11-20-12-25(29)28-15-24(20)22(17(16)2)10-9-21-8-7-19(14-27-21)23-6-4-3-5-18(23)13-26;1-16-13-18-11-12-27-25(29)24(18)22(17(16)2)10-9-21-8-7-20(15-28-21)23-6-4-3-5-19(23)14-26;/h3-10,12,14-17,22H,11H2,1-2H3,(H,28,29);3-12,15-17,22H,13H2,1-2H3,(H,27,29);1H4/b2*10-9+;/t2*16-,17+,22-;/m00./s1. The zero-order valence-electron chi connectivity index (χ0n) is 33.2. The molecule has 8 nitrogen and oxygen atoms in total. The fourth-order valence-electron chi connectivity index (χ4n) is 8.35. The SMILES string of the molecule is C.C[C@H]1[C@H](/C=C/c2ccc(-c3ccccc3C#N)cn2)c2c(cc[nH]c2=O)C[C@@H]1C.C[C@H]1[C@H](/C=C/c2ccc(-c3ccccc3C#N)cn2)c2c[nH]c(=O)cc2C[C@@H]1C. The number of fused-ring (bicyclic) bond motifs is 2. The van der Waals surface area contributed by atoms with Crippen LogP contribution in [0.15, 0.2) is 131 Å². The number of aromatic nitrogens is 4. The molecular weight excluding hydrogens is 729 g/mol. The van der Waals surface area contributed by atoms with E-state index in [0.29, 0.717) is 34.8 Å². The van der Waals surface area contributed by atoms with Gasteiger partial charge in [-0.3, -0.25) is 19.6 Å². The van der Waals surface area contributed by atoms with E-state index < -0.39 is 0 Å². The molecule has 8 heteroatoms. The van der Waals surface area contributed by atoms with E-state index in [9.17, 15) is 20.1 Å². The number of nitrogens with zero attached hydrogens (tertiary/aromatic N) is 4. The number of aromatic amines is 2. The molecule has 0 radical (unpaired) electrons. The molecule has 4 heterocycles. The number of hydrogen-bond acceptors (Lipinski definition) is 6. The van der Waals surface area contributed by atoms with Gasteiger partial charge >= 0.3 is 0 Å². The second-order valence-corrected chi connectivity index (χ2v) is 15.6. The molecule has 0 saturated heterocycles.